The first kappa shape index (κ1) is 11.6. The van der Waals surface area contributed by atoms with E-state index in [9.17, 15) is 4.79 Å². The molecule has 0 radical (unpaired) electrons. The van der Waals surface area contributed by atoms with Crippen molar-refractivity contribution in [1.82, 2.24) is 4.98 Å². The SMILES string of the molecule is COc1ccc(-c2sc(C)nc2C(=O)O)cc1. The van der Waals surface area contributed by atoms with Crippen LogP contribution < -0.4 is 4.74 Å². The van der Waals surface area contributed by atoms with Crippen LogP contribution in [0.1, 0.15) is 15.5 Å². The van der Waals surface area contributed by atoms with E-state index in [1.807, 2.05) is 12.1 Å². The summed E-state index contributed by atoms with van der Waals surface area (Å²) in [5.74, 6) is -0.257. The van der Waals surface area contributed by atoms with Crippen LogP contribution in [0.3, 0.4) is 0 Å². The number of thiazole rings is 1. The molecule has 1 N–H and O–H groups in total. The Morgan fingerprint density at radius 1 is 1.35 bits per heavy atom. The van der Waals surface area contributed by atoms with E-state index in [1.165, 1.54) is 11.3 Å². The predicted octanol–water partition coefficient (Wildman–Crippen LogP) is 2.83. The Morgan fingerprint density at radius 2 is 2.00 bits per heavy atom. The Hall–Kier alpha value is -1.88. The summed E-state index contributed by atoms with van der Waals surface area (Å²) in [6.07, 6.45) is 0. The Kier molecular flexibility index (Phi) is 3.10. The summed E-state index contributed by atoms with van der Waals surface area (Å²) < 4.78 is 5.06. The number of rotatable bonds is 3. The van der Waals surface area contributed by atoms with Gasteiger partial charge in [-0.1, -0.05) is 0 Å². The van der Waals surface area contributed by atoms with Crippen LogP contribution in [-0.2, 0) is 0 Å². The maximum Gasteiger partial charge on any atom is 0.356 e. The van der Waals surface area contributed by atoms with Gasteiger partial charge in [-0.05, 0) is 36.8 Å². The number of carboxylic acid groups (broad SMARTS) is 1. The molecule has 2 rings (SSSR count). The second-order valence-electron chi connectivity index (χ2n) is 3.44. The first-order chi connectivity index (χ1) is 8.11. The molecule has 1 aromatic heterocycles. The van der Waals surface area contributed by atoms with Crippen molar-refractivity contribution in [2.45, 2.75) is 6.92 Å². The minimum atomic E-state index is -1.000. The van der Waals surface area contributed by atoms with Crippen molar-refractivity contribution in [1.29, 1.82) is 0 Å². The monoisotopic (exact) mass is 249 g/mol. The lowest BCUT2D eigenvalue weighted by Gasteiger charge is -2.01. The second kappa shape index (κ2) is 4.55. The van der Waals surface area contributed by atoms with Crippen LogP contribution in [0.2, 0.25) is 0 Å². The molecule has 17 heavy (non-hydrogen) atoms. The molecule has 5 heteroatoms. The van der Waals surface area contributed by atoms with Gasteiger partial charge >= 0.3 is 5.97 Å². The molecular weight excluding hydrogens is 238 g/mol. The highest BCUT2D eigenvalue weighted by Crippen LogP contribution is 2.31. The molecule has 1 heterocycles. The van der Waals surface area contributed by atoms with Crippen LogP contribution in [-0.4, -0.2) is 23.2 Å². The summed E-state index contributed by atoms with van der Waals surface area (Å²) in [5.41, 5.74) is 0.950. The van der Waals surface area contributed by atoms with Gasteiger partial charge in [0.15, 0.2) is 5.69 Å². The topological polar surface area (TPSA) is 59.4 Å². The van der Waals surface area contributed by atoms with Gasteiger partial charge in [0.1, 0.15) is 5.75 Å². The van der Waals surface area contributed by atoms with Crippen LogP contribution in [0.15, 0.2) is 24.3 Å². The van der Waals surface area contributed by atoms with Gasteiger partial charge in [0.05, 0.1) is 17.0 Å². The van der Waals surface area contributed by atoms with Crippen LogP contribution in [0, 0.1) is 6.92 Å². The van der Waals surface area contributed by atoms with Crippen molar-refractivity contribution in [2.24, 2.45) is 0 Å². The highest BCUT2D eigenvalue weighted by Gasteiger charge is 2.17. The second-order valence-corrected chi connectivity index (χ2v) is 4.65. The molecular formula is C12H11NO3S. The van der Waals surface area contributed by atoms with Crippen molar-refractivity contribution >= 4 is 17.3 Å². The number of aryl methyl sites for hydroxylation is 1. The third-order valence-corrected chi connectivity index (χ3v) is 3.31. The van der Waals surface area contributed by atoms with Gasteiger partial charge in [-0.15, -0.1) is 11.3 Å². The Bertz CT molecular complexity index is 545. The van der Waals surface area contributed by atoms with E-state index in [1.54, 1.807) is 26.2 Å². The normalized spacial score (nSPS) is 10.2. The zero-order valence-electron chi connectivity index (χ0n) is 9.43. The van der Waals surface area contributed by atoms with Crippen molar-refractivity contribution < 1.29 is 14.6 Å². The third-order valence-electron chi connectivity index (χ3n) is 2.29. The number of nitrogens with zero attached hydrogens (tertiary/aromatic N) is 1. The molecule has 2 aromatic rings. The lowest BCUT2D eigenvalue weighted by molar-refractivity contribution is 0.0692. The number of hydrogen-bond donors (Lipinski definition) is 1. The van der Waals surface area contributed by atoms with Crippen LogP contribution in [0.4, 0.5) is 0 Å². The molecule has 0 bridgehead atoms. The van der Waals surface area contributed by atoms with Crippen LogP contribution in [0.5, 0.6) is 5.75 Å². The van der Waals surface area contributed by atoms with Gasteiger partial charge < -0.3 is 9.84 Å². The van der Waals surface area contributed by atoms with Gasteiger partial charge in [0, 0.05) is 0 Å². The molecule has 0 fully saturated rings. The summed E-state index contributed by atoms with van der Waals surface area (Å²) in [6.45, 7) is 1.80. The van der Waals surface area contributed by atoms with Gasteiger partial charge in [0.2, 0.25) is 0 Å². The van der Waals surface area contributed by atoms with E-state index in [4.69, 9.17) is 9.84 Å². The molecule has 0 amide bonds. The van der Waals surface area contributed by atoms with Crippen LogP contribution in [0.25, 0.3) is 10.4 Å². The number of methoxy groups -OCH3 is 1. The van der Waals surface area contributed by atoms with E-state index in [0.717, 1.165) is 16.3 Å². The molecule has 0 aliphatic carbocycles. The maximum absolute atomic E-state index is 11.1. The van der Waals surface area contributed by atoms with Gasteiger partial charge in [-0.2, -0.15) is 0 Å². The Morgan fingerprint density at radius 3 is 2.53 bits per heavy atom. The average molecular weight is 249 g/mol. The quantitative estimate of drug-likeness (QED) is 0.908. The summed E-state index contributed by atoms with van der Waals surface area (Å²) in [7, 11) is 1.59. The van der Waals surface area contributed by atoms with E-state index in [2.05, 4.69) is 4.98 Å². The van der Waals surface area contributed by atoms with E-state index in [-0.39, 0.29) is 5.69 Å². The first-order valence-corrected chi connectivity index (χ1v) is 5.78. The number of ether oxygens (including phenoxy) is 1. The minimum absolute atomic E-state index is 0.109. The fourth-order valence-corrected chi connectivity index (χ4v) is 2.43. The lowest BCUT2D eigenvalue weighted by Crippen LogP contribution is -1.98. The number of aromatic carboxylic acids is 1. The number of aromatic nitrogens is 1. The van der Waals surface area contributed by atoms with Crippen molar-refractivity contribution in [3.63, 3.8) is 0 Å². The van der Waals surface area contributed by atoms with Gasteiger partial charge in [0.25, 0.3) is 0 Å². The molecule has 1 aromatic carbocycles. The predicted molar refractivity (Wildman–Crippen MR) is 65.8 cm³/mol. The minimum Gasteiger partial charge on any atom is -0.497 e. The van der Waals surface area contributed by atoms with Crippen molar-refractivity contribution in [2.75, 3.05) is 7.11 Å². The highest BCUT2D eigenvalue weighted by molar-refractivity contribution is 7.15. The van der Waals surface area contributed by atoms with Gasteiger partial charge in [-0.3, -0.25) is 0 Å². The average Bonchev–Trinajstić information content (AvgIpc) is 2.72. The summed E-state index contributed by atoms with van der Waals surface area (Å²) >= 11 is 1.38. The zero-order chi connectivity index (χ0) is 12.4. The molecule has 0 saturated heterocycles. The first-order valence-electron chi connectivity index (χ1n) is 4.97. The zero-order valence-corrected chi connectivity index (χ0v) is 10.2. The van der Waals surface area contributed by atoms with Crippen molar-refractivity contribution in [3.05, 3.63) is 35.0 Å². The molecule has 88 valence electrons. The summed E-state index contributed by atoms with van der Waals surface area (Å²) in [4.78, 5) is 15.7. The number of hydrogen-bond acceptors (Lipinski definition) is 4. The van der Waals surface area contributed by atoms with Gasteiger partial charge in [-0.25, -0.2) is 9.78 Å². The fourth-order valence-electron chi connectivity index (χ4n) is 1.51. The number of benzene rings is 1. The fraction of sp³-hybridized carbons (Fsp3) is 0.167. The standard InChI is InChI=1S/C12H11NO3S/c1-7-13-10(12(14)15)11(17-7)8-3-5-9(16-2)6-4-8/h3-6H,1-2H3,(H,14,15). The molecule has 0 saturated carbocycles. The number of carboxylic acids is 1. The third kappa shape index (κ3) is 2.29. The Labute approximate surface area is 103 Å². The molecule has 0 atom stereocenters. The van der Waals surface area contributed by atoms with Crippen LogP contribution >= 0.6 is 11.3 Å². The molecule has 4 nitrogen and oxygen atoms in total. The molecule has 0 aliphatic rings. The number of carbonyl (C=O) groups is 1. The maximum atomic E-state index is 11.1. The molecule has 0 spiro atoms. The highest BCUT2D eigenvalue weighted by atomic mass is 32.1. The largest absolute Gasteiger partial charge is 0.497 e. The Balaban J connectivity index is 2.48. The van der Waals surface area contributed by atoms with Crippen molar-refractivity contribution in [3.8, 4) is 16.2 Å². The van der Waals surface area contributed by atoms with E-state index in [0.29, 0.717) is 4.88 Å². The smallest absolute Gasteiger partial charge is 0.356 e. The van der Waals surface area contributed by atoms with E-state index < -0.39 is 5.97 Å². The summed E-state index contributed by atoms with van der Waals surface area (Å²) in [6, 6.07) is 7.27. The molecule has 0 aliphatic heterocycles. The van der Waals surface area contributed by atoms with E-state index >= 15 is 0 Å². The molecule has 0 unspecified atom stereocenters. The lowest BCUT2D eigenvalue weighted by atomic mass is 10.1. The summed E-state index contributed by atoms with van der Waals surface area (Å²) in [5, 5.41) is 9.80.